The molecule has 1 N–H and O–H groups in total. The van der Waals surface area contributed by atoms with Gasteiger partial charge in [0.1, 0.15) is 33.6 Å². The highest BCUT2D eigenvalue weighted by Gasteiger charge is 2.22. The number of nitrogens with one attached hydrogen (secondary N) is 1. The molecule has 3 aromatic heterocycles. The third-order valence-electron chi connectivity index (χ3n) is 5.82. The minimum Gasteiger partial charge on any atom is -0.373 e. The van der Waals surface area contributed by atoms with E-state index in [1.807, 2.05) is 18.3 Å². The number of morpholine rings is 1. The molecule has 1 aliphatic heterocycles. The standard InChI is InChI=1S/C25H26F2N6OS/c1-15-12-33(13-16(2)34-15)14-17-4-8-22(28-11-17)30-25-29-20-6-9-23(31-24(20)35-25)32(3)21-7-5-18(26)10-19(21)27/h4-11,15-16H,12-14H2,1-3H3,(H,28,29,30). The van der Waals surface area contributed by atoms with Gasteiger partial charge in [0.25, 0.3) is 0 Å². The van der Waals surface area contributed by atoms with Gasteiger partial charge in [-0.25, -0.2) is 23.7 Å². The number of anilines is 4. The number of hydrogen-bond acceptors (Lipinski definition) is 8. The van der Waals surface area contributed by atoms with Crippen LogP contribution < -0.4 is 10.2 Å². The maximum atomic E-state index is 14.2. The van der Waals surface area contributed by atoms with Gasteiger partial charge < -0.3 is 15.0 Å². The van der Waals surface area contributed by atoms with Crippen LogP contribution in [-0.4, -0.2) is 52.2 Å². The van der Waals surface area contributed by atoms with Crippen molar-refractivity contribution >= 4 is 44.1 Å². The largest absolute Gasteiger partial charge is 0.373 e. The van der Waals surface area contributed by atoms with E-state index in [1.165, 1.54) is 23.5 Å². The Morgan fingerprint density at radius 3 is 2.60 bits per heavy atom. The molecule has 2 atom stereocenters. The quantitative estimate of drug-likeness (QED) is 0.379. The van der Waals surface area contributed by atoms with Gasteiger partial charge in [0.05, 0.1) is 17.9 Å². The van der Waals surface area contributed by atoms with Crippen molar-refractivity contribution in [1.29, 1.82) is 0 Å². The van der Waals surface area contributed by atoms with E-state index in [-0.39, 0.29) is 17.9 Å². The maximum absolute atomic E-state index is 14.2. The van der Waals surface area contributed by atoms with Crippen molar-refractivity contribution in [2.45, 2.75) is 32.6 Å². The molecule has 0 aliphatic carbocycles. The van der Waals surface area contributed by atoms with Gasteiger partial charge in [-0.1, -0.05) is 17.4 Å². The lowest BCUT2D eigenvalue weighted by Crippen LogP contribution is -2.44. The molecule has 5 rings (SSSR count). The van der Waals surface area contributed by atoms with Crippen LogP contribution in [-0.2, 0) is 11.3 Å². The number of aromatic nitrogens is 3. The number of benzene rings is 1. The summed E-state index contributed by atoms with van der Waals surface area (Å²) in [5.41, 5.74) is 2.11. The van der Waals surface area contributed by atoms with Crippen LogP contribution in [0.1, 0.15) is 19.4 Å². The molecule has 0 spiro atoms. The van der Waals surface area contributed by atoms with Crippen molar-refractivity contribution in [2.75, 3.05) is 30.4 Å². The van der Waals surface area contributed by atoms with Crippen molar-refractivity contribution in [3.05, 3.63) is 65.9 Å². The van der Waals surface area contributed by atoms with E-state index in [0.29, 0.717) is 21.6 Å². The molecule has 1 aliphatic rings. The van der Waals surface area contributed by atoms with Gasteiger partial charge in [-0.05, 0) is 49.7 Å². The monoisotopic (exact) mass is 496 g/mol. The van der Waals surface area contributed by atoms with Gasteiger partial charge in [0, 0.05) is 38.9 Å². The normalized spacial score (nSPS) is 18.7. The molecule has 0 saturated carbocycles. The molecule has 35 heavy (non-hydrogen) atoms. The van der Waals surface area contributed by atoms with Crippen molar-refractivity contribution < 1.29 is 13.5 Å². The molecule has 1 aromatic carbocycles. The van der Waals surface area contributed by atoms with Crippen LogP contribution in [0, 0.1) is 11.6 Å². The minimum atomic E-state index is -0.645. The lowest BCUT2D eigenvalue weighted by atomic mass is 10.2. The Morgan fingerprint density at radius 2 is 1.89 bits per heavy atom. The molecule has 10 heteroatoms. The SMILES string of the molecule is CC1CN(Cc2ccc(Nc3nc4ccc(N(C)c5ccc(F)cc5F)nc4s3)nc2)CC(C)O1. The van der Waals surface area contributed by atoms with Crippen LogP contribution in [0.2, 0.25) is 0 Å². The average Bonchev–Trinajstić information content (AvgIpc) is 3.21. The zero-order valence-electron chi connectivity index (χ0n) is 19.7. The fraction of sp³-hybridized carbons (Fsp3) is 0.320. The summed E-state index contributed by atoms with van der Waals surface area (Å²) in [5.74, 6) is -0.0314. The summed E-state index contributed by atoms with van der Waals surface area (Å²) >= 11 is 1.38. The highest BCUT2D eigenvalue weighted by Crippen LogP contribution is 2.31. The summed E-state index contributed by atoms with van der Waals surface area (Å²) in [6.45, 7) is 6.86. The first-order chi connectivity index (χ1) is 16.8. The molecule has 4 heterocycles. The van der Waals surface area contributed by atoms with Gasteiger partial charge in [-0.15, -0.1) is 0 Å². The van der Waals surface area contributed by atoms with Crippen LogP contribution in [0.4, 0.5) is 31.2 Å². The van der Waals surface area contributed by atoms with E-state index in [0.717, 1.165) is 36.8 Å². The molecular formula is C25H26F2N6OS. The fourth-order valence-corrected chi connectivity index (χ4v) is 5.14. The number of fused-ring (bicyclic) bond motifs is 1. The van der Waals surface area contributed by atoms with Gasteiger partial charge in [-0.3, -0.25) is 4.90 Å². The number of ether oxygens (including phenoxy) is 1. The first-order valence-electron chi connectivity index (χ1n) is 11.4. The summed E-state index contributed by atoms with van der Waals surface area (Å²) in [6.07, 6.45) is 2.34. The lowest BCUT2D eigenvalue weighted by Gasteiger charge is -2.35. The minimum absolute atomic E-state index is 0.232. The Bertz CT molecular complexity index is 1320. The molecule has 0 bridgehead atoms. The van der Waals surface area contributed by atoms with E-state index < -0.39 is 11.6 Å². The number of pyridine rings is 2. The van der Waals surface area contributed by atoms with E-state index in [1.54, 1.807) is 18.0 Å². The fourth-order valence-electron chi connectivity index (χ4n) is 4.30. The van der Waals surface area contributed by atoms with Crippen molar-refractivity contribution in [3.63, 3.8) is 0 Å². The van der Waals surface area contributed by atoms with Crippen LogP contribution in [0.25, 0.3) is 10.3 Å². The second-order valence-corrected chi connectivity index (χ2v) is 9.77. The van der Waals surface area contributed by atoms with Crippen molar-refractivity contribution in [3.8, 4) is 0 Å². The highest BCUT2D eigenvalue weighted by atomic mass is 32.1. The van der Waals surface area contributed by atoms with Gasteiger partial charge in [0.2, 0.25) is 0 Å². The van der Waals surface area contributed by atoms with Crippen molar-refractivity contribution in [1.82, 2.24) is 19.9 Å². The van der Waals surface area contributed by atoms with Crippen LogP contribution in [0.15, 0.2) is 48.7 Å². The van der Waals surface area contributed by atoms with Gasteiger partial charge in [-0.2, -0.15) is 0 Å². The summed E-state index contributed by atoms with van der Waals surface area (Å²) < 4.78 is 33.3. The second kappa shape index (κ2) is 9.80. The Kier molecular flexibility index (Phi) is 6.59. The van der Waals surface area contributed by atoms with E-state index in [4.69, 9.17) is 4.74 Å². The molecule has 7 nitrogen and oxygen atoms in total. The Balaban J connectivity index is 1.27. The predicted molar refractivity (Wildman–Crippen MR) is 135 cm³/mol. The molecule has 2 unspecified atom stereocenters. The topological polar surface area (TPSA) is 66.4 Å². The smallest absolute Gasteiger partial charge is 0.190 e. The zero-order valence-corrected chi connectivity index (χ0v) is 20.5. The van der Waals surface area contributed by atoms with Crippen LogP contribution in [0.5, 0.6) is 0 Å². The summed E-state index contributed by atoms with van der Waals surface area (Å²) in [6, 6.07) is 11.1. The lowest BCUT2D eigenvalue weighted by molar-refractivity contribution is -0.0705. The molecule has 1 saturated heterocycles. The van der Waals surface area contributed by atoms with Gasteiger partial charge >= 0.3 is 0 Å². The molecule has 4 aromatic rings. The number of halogens is 2. The molecule has 1 fully saturated rings. The van der Waals surface area contributed by atoms with Crippen LogP contribution in [0.3, 0.4) is 0 Å². The number of hydrogen-bond donors (Lipinski definition) is 1. The Labute approximate surface area is 206 Å². The van der Waals surface area contributed by atoms with E-state index in [9.17, 15) is 8.78 Å². The predicted octanol–water partition coefficient (Wildman–Crippen LogP) is 5.49. The maximum Gasteiger partial charge on any atom is 0.190 e. The van der Waals surface area contributed by atoms with Crippen molar-refractivity contribution in [2.24, 2.45) is 0 Å². The molecule has 0 amide bonds. The zero-order chi connectivity index (χ0) is 24.5. The molecular weight excluding hydrogens is 470 g/mol. The first-order valence-corrected chi connectivity index (χ1v) is 12.2. The third kappa shape index (κ3) is 5.39. The average molecular weight is 497 g/mol. The summed E-state index contributed by atoms with van der Waals surface area (Å²) in [5, 5.41) is 3.90. The number of thiazole rings is 1. The summed E-state index contributed by atoms with van der Waals surface area (Å²) in [7, 11) is 1.69. The second-order valence-electron chi connectivity index (χ2n) is 8.80. The first kappa shape index (κ1) is 23.5. The van der Waals surface area contributed by atoms with Crippen LogP contribution >= 0.6 is 11.3 Å². The van der Waals surface area contributed by atoms with E-state index >= 15 is 0 Å². The van der Waals surface area contributed by atoms with Gasteiger partial charge in [0.15, 0.2) is 5.13 Å². The molecule has 0 radical (unpaired) electrons. The Hall–Kier alpha value is -3.21. The number of nitrogens with zero attached hydrogens (tertiary/aromatic N) is 5. The van der Waals surface area contributed by atoms with E-state index in [2.05, 4.69) is 45.1 Å². The number of rotatable bonds is 6. The summed E-state index contributed by atoms with van der Waals surface area (Å²) in [4.78, 5) is 18.4. The highest BCUT2D eigenvalue weighted by molar-refractivity contribution is 7.21. The molecule has 182 valence electrons. The Morgan fingerprint density at radius 1 is 1.09 bits per heavy atom. The third-order valence-corrected chi connectivity index (χ3v) is 6.70.